The van der Waals surface area contributed by atoms with Crippen molar-refractivity contribution in [2.24, 2.45) is 5.41 Å². The van der Waals surface area contributed by atoms with Gasteiger partial charge in [0.25, 0.3) is 5.92 Å². The van der Waals surface area contributed by atoms with Crippen LogP contribution in [0, 0.1) is 5.41 Å². The first-order chi connectivity index (χ1) is 5.42. The number of carboxylic acid groups (broad SMARTS) is 1. The Kier molecular flexibility index (Phi) is 2.07. The molecule has 0 unspecified atom stereocenters. The highest BCUT2D eigenvalue weighted by atomic mass is 19.3. The van der Waals surface area contributed by atoms with E-state index in [1.165, 1.54) is 7.11 Å². The molecular formula is C7H10F2O3. The Labute approximate surface area is 68.3 Å². The summed E-state index contributed by atoms with van der Waals surface area (Å²) >= 11 is 0. The zero-order valence-corrected chi connectivity index (χ0v) is 6.64. The van der Waals surface area contributed by atoms with E-state index >= 15 is 0 Å². The van der Waals surface area contributed by atoms with Crippen LogP contribution in [0.1, 0.15) is 12.8 Å². The fraction of sp³-hybridized carbons (Fsp3) is 0.857. The molecule has 0 amide bonds. The second-order valence-corrected chi connectivity index (χ2v) is 3.23. The molecule has 0 aromatic carbocycles. The van der Waals surface area contributed by atoms with Gasteiger partial charge in [-0.05, 0) is 0 Å². The number of halogens is 2. The van der Waals surface area contributed by atoms with Gasteiger partial charge in [0.2, 0.25) is 0 Å². The Bertz CT molecular complexity index is 195. The maximum absolute atomic E-state index is 12.4. The Morgan fingerprint density at radius 2 is 2.08 bits per heavy atom. The van der Waals surface area contributed by atoms with E-state index in [4.69, 9.17) is 5.11 Å². The lowest BCUT2D eigenvalue weighted by molar-refractivity contribution is -0.203. The molecule has 1 saturated carbocycles. The second kappa shape index (κ2) is 2.65. The van der Waals surface area contributed by atoms with Crippen molar-refractivity contribution >= 4 is 5.97 Å². The average Bonchev–Trinajstić information content (AvgIpc) is 1.83. The summed E-state index contributed by atoms with van der Waals surface area (Å²) in [7, 11) is 1.31. The monoisotopic (exact) mass is 180 g/mol. The van der Waals surface area contributed by atoms with Crippen molar-refractivity contribution in [3.63, 3.8) is 0 Å². The van der Waals surface area contributed by atoms with E-state index < -0.39 is 30.1 Å². The lowest BCUT2D eigenvalue weighted by Gasteiger charge is -2.43. The predicted octanol–water partition coefficient (Wildman–Crippen LogP) is 1.13. The number of carboxylic acids is 1. The molecule has 1 aliphatic carbocycles. The first-order valence-corrected chi connectivity index (χ1v) is 3.52. The van der Waals surface area contributed by atoms with Gasteiger partial charge < -0.3 is 9.84 Å². The highest BCUT2D eigenvalue weighted by molar-refractivity contribution is 5.76. The zero-order valence-electron chi connectivity index (χ0n) is 6.64. The number of methoxy groups -OCH3 is 1. The summed E-state index contributed by atoms with van der Waals surface area (Å²) in [5, 5.41) is 8.63. The van der Waals surface area contributed by atoms with E-state index in [0.29, 0.717) is 0 Å². The van der Waals surface area contributed by atoms with Gasteiger partial charge in [0, 0.05) is 20.0 Å². The third-order valence-electron chi connectivity index (χ3n) is 2.07. The van der Waals surface area contributed by atoms with Gasteiger partial charge in [-0.1, -0.05) is 0 Å². The van der Waals surface area contributed by atoms with Crippen LogP contribution >= 0.6 is 0 Å². The smallest absolute Gasteiger partial charge is 0.312 e. The van der Waals surface area contributed by atoms with Gasteiger partial charge in [0.1, 0.15) is 5.41 Å². The zero-order chi connectivity index (χ0) is 9.41. The normalized spacial score (nSPS) is 24.6. The van der Waals surface area contributed by atoms with Crippen LogP contribution in [0.5, 0.6) is 0 Å². The van der Waals surface area contributed by atoms with Gasteiger partial charge in [-0.3, -0.25) is 4.79 Å². The predicted molar refractivity (Wildman–Crippen MR) is 36.1 cm³/mol. The number of carbonyl (C=O) groups is 1. The van der Waals surface area contributed by atoms with E-state index in [0.717, 1.165) is 0 Å². The topological polar surface area (TPSA) is 46.5 Å². The number of ether oxygens (including phenoxy) is 1. The van der Waals surface area contributed by atoms with Crippen molar-refractivity contribution in [3.05, 3.63) is 0 Å². The average molecular weight is 180 g/mol. The minimum absolute atomic E-state index is 0.141. The van der Waals surface area contributed by atoms with Crippen molar-refractivity contribution in [1.29, 1.82) is 0 Å². The summed E-state index contributed by atoms with van der Waals surface area (Å²) in [5.74, 6) is -4.02. The third kappa shape index (κ3) is 1.41. The van der Waals surface area contributed by atoms with E-state index in [9.17, 15) is 13.6 Å². The van der Waals surface area contributed by atoms with Gasteiger partial charge >= 0.3 is 5.97 Å². The lowest BCUT2D eigenvalue weighted by atomic mass is 9.66. The van der Waals surface area contributed by atoms with Crippen molar-refractivity contribution in [2.45, 2.75) is 18.8 Å². The summed E-state index contributed by atoms with van der Waals surface area (Å²) in [6.07, 6.45) is -1.22. The van der Waals surface area contributed by atoms with Gasteiger partial charge in [0.05, 0.1) is 6.61 Å². The fourth-order valence-corrected chi connectivity index (χ4v) is 1.53. The minimum atomic E-state index is -2.82. The molecular weight excluding hydrogens is 170 g/mol. The molecule has 12 heavy (non-hydrogen) atoms. The van der Waals surface area contributed by atoms with E-state index in [-0.39, 0.29) is 6.61 Å². The quantitative estimate of drug-likeness (QED) is 0.708. The lowest BCUT2D eigenvalue weighted by Crippen LogP contribution is -2.53. The Morgan fingerprint density at radius 3 is 2.33 bits per heavy atom. The van der Waals surface area contributed by atoms with Crippen LogP contribution in [0.25, 0.3) is 0 Å². The number of hydrogen-bond acceptors (Lipinski definition) is 2. The Morgan fingerprint density at radius 1 is 1.58 bits per heavy atom. The SMILES string of the molecule is COCC1(C(=O)O)CC(F)(F)C1. The highest BCUT2D eigenvalue weighted by Crippen LogP contribution is 2.52. The molecule has 1 rings (SSSR count). The van der Waals surface area contributed by atoms with Crippen LogP contribution in [0.4, 0.5) is 8.78 Å². The van der Waals surface area contributed by atoms with Gasteiger partial charge in [-0.15, -0.1) is 0 Å². The molecule has 1 fully saturated rings. The number of alkyl halides is 2. The van der Waals surface area contributed by atoms with Crippen LogP contribution < -0.4 is 0 Å². The molecule has 0 aromatic heterocycles. The molecule has 0 aromatic rings. The van der Waals surface area contributed by atoms with E-state index in [2.05, 4.69) is 4.74 Å². The molecule has 1 aliphatic rings. The molecule has 0 saturated heterocycles. The first kappa shape index (κ1) is 9.38. The maximum Gasteiger partial charge on any atom is 0.312 e. The largest absolute Gasteiger partial charge is 0.481 e. The first-order valence-electron chi connectivity index (χ1n) is 3.52. The van der Waals surface area contributed by atoms with Gasteiger partial charge in [-0.2, -0.15) is 0 Å². The molecule has 0 atom stereocenters. The van der Waals surface area contributed by atoms with Crippen molar-refractivity contribution in [2.75, 3.05) is 13.7 Å². The van der Waals surface area contributed by atoms with Gasteiger partial charge in [0.15, 0.2) is 0 Å². The van der Waals surface area contributed by atoms with Crippen LogP contribution in [0.3, 0.4) is 0 Å². The fourth-order valence-electron chi connectivity index (χ4n) is 1.53. The van der Waals surface area contributed by atoms with Crippen LogP contribution in [-0.4, -0.2) is 30.7 Å². The minimum Gasteiger partial charge on any atom is -0.481 e. The molecule has 1 N–H and O–H groups in total. The number of rotatable bonds is 3. The van der Waals surface area contributed by atoms with Crippen molar-refractivity contribution in [1.82, 2.24) is 0 Å². The molecule has 70 valence electrons. The highest BCUT2D eigenvalue weighted by Gasteiger charge is 2.61. The second-order valence-electron chi connectivity index (χ2n) is 3.23. The van der Waals surface area contributed by atoms with E-state index in [1.54, 1.807) is 0 Å². The summed E-state index contributed by atoms with van der Waals surface area (Å²) in [5.41, 5.74) is -1.35. The molecule has 5 heteroatoms. The summed E-state index contributed by atoms with van der Waals surface area (Å²) in [6.45, 7) is -0.141. The van der Waals surface area contributed by atoms with Gasteiger partial charge in [-0.25, -0.2) is 8.78 Å². The van der Waals surface area contributed by atoms with Crippen molar-refractivity contribution < 1.29 is 23.4 Å². The third-order valence-corrected chi connectivity index (χ3v) is 2.07. The maximum atomic E-state index is 12.4. The van der Waals surface area contributed by atoms with Crippen molar-refractivity contribution in [3.8, 4) is 0 Å². The standard InChI is InChI=1S/C7H10F2O3/c1-12-4-6(5(10)11)2-7(8,9)3-6/h2-4H2,1H3,(H,10,11). The Hall–Kier alpha value is -0.710. The van der Waals surface area contributed by atoms with Crippen LogP contribution in [0.2, 0.25) is 0 Å². The molecule has 0 spiro atoms. The van der Waals surface area contributed by atoms with Crippen LogP contribution in [0.15, 0.2) is 0 Å². The molecule has 3 nitrogen and oxygen atoms in total. The molecule has 0 radical (unpaired) electrons. The molecule has 0 heterocycles. The van der Waals surface area contributed by atoms with E-state index in [1.807, 2.05) is 0 Å². The number of hydrogen-bond donors (Lipinski definition) is 1. The molecule has 0 bridgehead atoms. The molecule has 0 aliphatic heterocycles. The Balaban J connectivity index is 2.62. The summed E-state index contributed by atoms with van der Waals surface area (Å²) in [6, 6.07) is 0. The summed E-state index contributed by atoms with van der Waals surface area (Å²) < 4.78 is 29.4. The number of aliphatic carboxylic acids is 1. The summed E-state index contributed by atoms with van der Waals surface area (Å²) in [4.78, 5) is 10.6. The van der Waals surface area contributed by atoms with Crippen LogP contribution in [-0.2, 0) is 9.53 Å².